The van der Waals surface area contributed by atoms with E-state index in [9.17, 15) is 0 Å². The van der Waals surface area contributed by atoms with Crippen LogP contribution < -0.4 is 0 Å². The van der Waals surface area contributed by atoms with Gasteiger partial charge in [-0.15, -0.1) is 0 Å². The second-order valence-corrected chi connectivity index (χ2v) is 11.1. The van der Waals surface area contributed by atoms with Crippen molar-refractivity contribution in [3.05, 3.63) is 121 Å². The van der Waals surface area contributed by atoms with Gasteiger partial charge in [0.1, 0.15) is 5.56 Å². The summed E-state index contributed by atoms with van der Waals surface area (Å²) >= 11 is 0. The van der Waals surface area contributed by atoms with Gasteiger partial charge < -0.3 is 9.97 Å². The highest BCUT2D eigenvalue weighted by Gasteiger charge is 2.39. The second kappa shape index (κ2) is 8.91. The third-order valence-electron chi connectivity index (χ3n) is 8.55. The van der Waals surface area contributed by atoms with Crippen molar-refractivity contribution in [1.82, 2.24) is 19.9 Å². The average Bonchev–Trinajstić information content (AvgIpc) is 3.76. The zero-order valence-corrected chi connectivity index (χ0v) is 23.0. The van der Waals surface area contributed by atoms with Gasteiger partial charge >= 0.3 is 6.18 Å². The number of benzene rings is 4. The van der Waals surface area contributed by atoms with E-state index in [0.29, 0.717) is 38.8 Å². The smallest absolute Gasteiger partial charge is 0.354 e. The summed E-state index contributed by atoms with van der Waals surface area (Å²) in [7, 11) is 0. The molecule has 3 aromatic heterocycles. The summed E-state index contributed by atoms with van der Waals surface area (Å²) in [5.41, 5.74) is 6.12. The summed E-state index contributed by atoms with van der Waals surface area (Å²) < 4.78 is 45.8. The fourth-order valence-corrected chi connectivity index (χ4v) is 6.64. The monoisotopic (exact) mass is 578 g/mol. The molecular weight excluding hydrogens is 557 g/mol. The summed E-state index contributed by atoms with van der Waals surface area (Å²) in [6.07, 6.45) is -4.70. The number of aromatic amines is 2. The van der Waals surface area contributed by atoms with Gasteiger partial charge in [-0.2, -0.15) is 13.2 Å². The van der Waals surface area contributed by atoms with Gasteiger partial charge in [0.05, 0.1) is 28.3 Å². The Morgan fingerprint density at radius 2 is 0.864 bits per heavy atom. The molecule has 2 N–H and O–H groups in total. The molecule has 7 heteroatoms. The van der Waals surface area contributed by atoms with Crippen LogP contribution in [0.5, 0.6) is 0 Å². The molecule has 4 nitrogen and oxygen atoms in total. The maximum Gasteiger partial charge on any atom is 0.420 e. The fourth-order valence-electron chi connectivity index (χ4n) is 6.64. The van der Waals surface area contributed by atoms with Gasteiger partial charge in [-0.3, -0.25) is 0 Å². The summed E-state index contributed by atoms with van der Waals surface area (Å²) in [5, 5.41) is 3.07. The van der Waals surface area contributed by atoms with Crippen LogP contribution in [0.3, 0.4) is 0 Å². The highest BCUT2D eigenvalue weighted by atomic mass is 19.4. The van der Waals surface area contributed by atoms with Crippen LogP contribution in [0.15, 0.2) is 115 Å². The molecule has 8 bridgehead atoms. The van der Waals surface area contributed by atoms with Crippen LogP contribution in [0.4, 0.5) is 13.2 Å². The predicted molar refractivity (Wildman–Crippen MR) is 170 cm³/mol. The molecule has 2 aliphatic heterocycles. The Kier molecular flexibility index (Phi) is 5.03. The quantitative estimate of drug-likeness (QED) is 0.188. The molecular formula is C37H21F3N4. The molecule has 0 fully saturated rings. The van der Waals surface area contributed by atoms with Crippen molar-refractivity contribution < 1.29 is 13.2 Å². The van der Waals surface area contributed by atoms with Gasteiger partial charge in [-0.1, -0.05) is 97.1 Å². The van der Waals surface area contributed by atoms with Crippen LogP contribution in [-0.4, -0.2) is 19.9 Å². The number of halogens is 3. The average molecular weight is 579 g/mol. The molecule has 0 spiro atoms. The largest absolute Gasteiger partial charge is 0.420 e. The van der Waals surface area contributed by atoms with E-state index >= 15 is 13.2 Å². The summed E-state index contributed by atoms with van der Waals surface area (Å²) in [5.74, 6) is 0. The van der Waals surface area contributed by atoms with Crippen LogP contribution in [0.1, 0.15) is 5.56 Å². The molecule has 210 valence electrons. The summed E-state index contributed by atoms with van der Waals surface area (Å²) in [6.45, 7) is 0. The minimum atomic E-state index is -4.70. The molecule has 0 radical (unpaired) electrons. The number of nitrogens with one attached hydrogen (secondary N) is 2. The predicted octanol–water partition coefficient (Wildman–Crippen LogP) is 10.3. The van der Waals surface area contributed by atoms with E-state index in [1.165, 1.54) is 0 Å². The molecule has 44 heavy (non-hydrogen) atoms. The lowest BCUT2D eigenvalue weighted by Crippen LogP contribution is -2.07. The Balaban J connectivity index is 1.56. The fraction of sp³-hybridized carbons (Fsp3) is 0.0270. The van der Waals surface area contributed by atoms with Gasteiger partial charge in [0, 0.05) is 60.3 Å². The number of hydrogen-bond acceptors (Lipinski definition) is 2. The molecule has 2 aliphatic rings. The molecule has 0 aliphatic carbocycles. The first-order chi connectivity index (χ1) is 21.4. The lowest BCUT2D eigenvalue weighted by atomic mass is 10.0. The van der Waals surface area contributed by atoms with E-state index in [1.54, 1.807) is 24.3 Å². The molecule has 9 rings (SSSR count). The zero-order chi connectivity index (χ0) is 29.6. The SMILES string of the molecule is FC(F)(F)c1c2nc(cc3[nH]c(cc4nc(cc5[nH]c1c1ccccc51)-c1ccccc1-4)c1ccccc31)-c1ccccc1-2. The number of aromatic nitrogens is 4. The molecule has 0 atom stereocenters. The third-order valence-corrected chi connectivity index (χ3v) is 8.55. The van der Waals surface area contributed by atoms with Crippen LogP contribution in [-0.2, 0) is 6.18 Å². The van der Waals surface area contributed by atoms with Gasteiger partial charge in [0.15, 0.2) is 0 Å². The molecule has 7 aromatic rings. The molecule has 4 aromatic carbocycles. The third kappa shape index (κ3) is 3.59. The molecule has 0 amide bonds. The topological polar surface area (TPSA) is 57.4 Å². The number of hydrogen-bond donors (Lipinski definition) is 2. The van der Waals surface area contributed by atoms with Crippen molar-refractivity contribution in [3.63, 3.8) is 0 Å². The number of H-pyrrole nitrogens is 2. The Morgan fingerprint density at radius 3 is 1.41 bits per heavy atom. The minimum Gasteiger partial charge on any atom is -0.354 e. The molecule has 5 heterocycles. The van der Waals surface area contributed by atoms with Crippen molar-refractivity contribution in [2.45, 2.75) is 6.18 Å². The van der Waals surface area contributed by atoms with Gasteiger partial charge in [0.25, 0.3) is 0 Å². The van der Waals surface area contributed by atoms with Gasteiger partial charge in [-0.05, 0) is 18.2 Å². The normalized spacial score (nSPS) is 12.4. The van der Waals surface area contributed by atoms with Crippen molar-refractivity contribution in [2.24, 2.45) is 0 Å². The van der Waals surface area contributed by atoms with E-state index < -0.39 is 11.7 Å². The Hall–Kier alpha value is -5.69. The van der Waals surface area contributed by atoms with E-state index in [2.05, 4.69) is 9.97 Å². The number of alkyl halides is 3. The Morgan fingerprint density at radius 1 is 0.455 bits per heavy atom. The maximum atomic E-state index is 15.3. The van der Waals surface area contributed by atoms with Gasteiger partial charge in [-0.25, -0.2) is 9.97 Å². The molecule has 0 saturated carbocycles. The summed E-state index contributed by atoms with van der Waals surface area (Å²) in [6, 6.07) is 35.9. The zero-order valence-electron chi connectivity index (χ0n) is 23.0. The number of nitrogens with zero attached hydrogens (tertiary/aromatic N) is 2. The maximum absolute atomic E-state index is 15.3. The second-order valence-electron chi connectivity index (χ2n) is 11.1. The molecule has 0 unspecified atom stereocenters. The van der Waals surface area contributed by atoms with E-state index in [0.717, 1.165) is 38.6 Å². The van der Waals surface area contributed by atoms with Crippen LogP contribution in [0.2, 0.25) is 0 Å². The van der Waals surface area contributed by atoms with Crippen molar-refractivity contribution in [3.8, 4) is 45.0 Å². The lowest BCUT2D eigenvalue weighted by molar-refractivity contribution is -0.136. The standard InChI is InChI=1S/C37H21F3N4/c38-37(39,40)34-35-26-15-7-5-13-24(26)32(43-35)18-30-22-11-3-1-9-20(22)28(41-30)17-29-21-10-2-4-12-23(21)31(42-29)19-33-25-14-6-8-16-27(25)36(34)44-33/h1-19,41,44H. The van der Waals surface area contributed by atoms with Crippen LogP contribution in [0.25, 0.3) is 88.6 Å². The van der Waals surface area contributed by atoms with E-state index in [4.69, 9.17) is 9.97 Å². The van der Waals surface area contributed by atoms with Crippen molar-refractivity contribution in [1.29, 1.82) is 0 Å². The minimum absolute atomic E-state index is 0.0171. The first-order valence-corrected chi connectivity index (χ1v) is 14.3. The lowest BCUT2D eigenvalue weighted by Gasteiger charge is -2.10. The van der Waals surface area contributed by atoms with E-state index in [1.807, 2.05) is 91.0 Å². The highest BCUT2D eigenvalue weighted by Crippen LogP contribution is 2.46. The Labute approximate surface area is 248 Å². The Bertz CT molecular complexity index is 2500. The van der Waals surface area contributed by atoms with Crippen LogP contribution in [0, 0.1) is 0 Å². The first-order valence-electron chi connectivity index (χ1n) is 14.3. The molecule has 0 saturated heterocycles. The van der Waals surface area contributed by atoms with Crippen LogP contribution >= 0.6 is 0 Å². The van der Waals surface area contributed by atoms with E-state index in [-0.39, 0.29) is 11.2 Å². The summed E-state index contributed by atoms with van der Waals surface area (Å²) in [4.78, 5) is 16.4. The highest BCUT2D eigenvalue weighted by molar-refractivity contribution is 6.11. The first kappa shape index (κ1) is 24.9. The van der Waals surface area contributed by atoms with Gasteiger partial charge in [0.2, 0.25) is 0 Å². The van der Waals surface area contributed by atoms with Crippen molar-refractivity contribution in [2.75, 3.05) is 0 Å². The number of rotatable bonds is 0. The van der Waals surface area contributed by atoms with Crippen molar-refractivity contribution >= 4 is 43.6 Å². The number of fused-ring (bicyclic) bond motifs is 20.